The second kappa shape index (κ2) is 10.7. The number of aromatic nitrogens is 1. The predicted molar refractivity (Wildman–Crippen MR) is 148 cm³/mol. The molecule has 1 aliphatic heterocycles. The van der Waals surface area contributed by atoms with Crippen LogP contribution >= 0.6 is 11.3 Å². The van der Waals surface area contributed by atoms with Crippen molar-refractivity contribution in [3.05, 3.63) is 77.4 Å². The van der Waals surface area contributed by atoms with Crippen LogP contribution in [0.25, 0.3) is 16.0 Å². The Balaban J connectivity index is 1.74. The zero-order valence-electron chi connectivity index (χ0n) is 21.8. The van der Waals surface area contributed by atoms with Crippen LogP contribution in [0.5, 0.6) is 23.0 Å². The van der Waals surface area contributed by atoms with Gasteiger partial charge in [-0.2, -0.15) is 0 Å². The van der Waals surface area contributed by atoms with Crippen LogP contribution < -0.4 is 23.8 Å². The number of benzene rings is 3. The summed E-state index contributed by atoms with van der Waals surface area (Å²) in [6, 6.07) is 16.1. The SMILES string of the molecule is CCOc1ccc2nc(N3C(=O)C(=O)/C(=C(/O)c4ccc(OC)cc4)[C@@H]3c3cccc(OC)c3OC)sc2c1. The molecule has 200 valence electrons. The number of ether oxygens (including phenoxy) is 4. The molecule has 39 heavy (non-hydrogen) atoms. The maximum atomic E-state index is 13.6. The minimum Gasteiger partial charge on any atom is -0.507 e. The topological polar surface area (TPSA) is 107 Å². The summed E-state index contributed by atoms with van der Waals surface area (Å²) in [5.74, 6) is 0.0178. The molecule has 9 nitrogen and oxygen atoms in total. The molecule has 1 atom stereocenters. The summed E-state index contributed by atoms with van der Waals surface area (Å²) in [6.45, 7) is 2.40. The number of anilines is 1. The Morgan fingerprint density at radius 1 is 0.974 bits per heavy atom. The molecule has 2 heterocycles. The van der Waals surface area contributed by atoms with E-state index in [0.717, 1.165) is 4.70 Å². The number of rotatable bonds is 8. The first-order valence-electron chi connectivity index (χ1n) is 12.1. The van der Waals surface area contributed by atoms with E-state index in [9.17, 15) is 14.7 Å². The first-order chi connectivity index (χ1) is 18.9. The van der Waals surface area contributed by atoms with Crippen molar-refractivity contribution in [1.82, 2.24) is 4.98 Å². The van der Waals surface area contributed by atoms with Gasteiger partial charge in [0.1, 0.15) is 23.3 Å². The summed E-state index contributed by atoms with van der Waals surface area (Å²) in [5, 5.41) is 11.7. The maximum Gasteiger partial charge on any atom is 0.301 e. The number of carbonyl (C=O) groups is 2. The molecule has 10 heteroatoms. The van der Waals surface area contributed by atoms with Gasteiger partial charge in [0.2, 0.25) is 0 Å². The van der Waals surface area contributed by atoms with E-state index in [2.05, 4.69) is 4.98 Å². The number of hydrogen-bond acceptors (Lipinski definition) is 9. The van der Waals surface area contributed by atoms with Gasteiger partial charge in [0.15, 0.2) is 16.6 Å². The zero-order valence-corrected chi connectivity index (χ0v) is 22.6. The van der Waals surface area contributed by atoms with Crippen LogP contribution in [-0.2, 0) is 9.59 Å². The van der Waals surface area contributed by atoms with Crippen molar-refractivity contribution < 1.29 is 33.6 Å². The Morgan fingerprint density at radius 2 is 1.72 bits per heavy atom. The van der Waals surface area contributed by atoms with E-state index in [-0.39, 0.29) is 11.3 Å². The molecule has 1 aromatic heterocycles. The molecular weight excluding hydrogens is 520 g/mol. The molecule has 0 aliphatic carbocycles. The number of Topliss-reactive ketones (excluding diaryl/α,β-unsaturated/α-hetero) is 1. The van der Waals surface area contributed by atoms with E-state index >= 15 is 0 Å². The van der Waals surface area contributed by atoms with Gasteiger partial charge in [-0.1, -0.05) is 23.5 Å². The van der Waals surface area contributed by atoms with Crippen molar-refractivity contribution in [1.29, 1.82) is 0 Å². The van der Waals surface area contributed by atoms with Crippen molar-refractivity contribution in [2.45, 2.75) is 13.0 Å². The van der Waals surface area contributed by atoms with E-state index in [1.807, 2.05) is 13.0 Å². The summed E-state index contributed by atoms with van der Waals surface area (Å²) in [4.78, 5) is 33.2. The number of carbonyl (C=O) groups excluding carboxylic acids is 2. The lowest BCUT2D eigenvalue weighted by atomic mass is 9.94. The average Bonchev–Trinajstić information content (AvgIpc) is 3.49. The molecule has 5 rings (SSSR count). The Kier molecular flexibility index (Phi) is 7.12. The molecule has 0 radical (unpaired) electrons. The van der Waals surface area contributed by atoms with Crippen LogP contribution in [0.4, 0.5) is 5.13 Å². The van der Waals surface area contributed by atoms with Gasteiger partial charge in [-0.15, -0.1) is 0 Å². The zero-order chi connectivity index (χ0) is 27.7. The van der Waals surface area contributed by atoms with E-state index in [1.54, 1.807) is 54.6 Å². The van der Waals surface area contributed by atoms with Crippen LogP contribution in [0.15, 0.2) is 66.2 Å². The summed E-state index contributed by atoms with van der Waals surface area (Å²) in [6.07, 6.45) is 0. The molecule has 0 unspecified atom stereocenters. The lowest BCUT2D eigenvalue weighted by molar-refractivity contribution is -0.132. The number of nitrogens with zero attached hydrogens (tertiary/aromatic N) is 2. The molecule has 0 spiro atoms. The molecular formula is C29H26N2O7S. The fourth-order valence-corrected chi connectivity index (χ4v) is 5.63. The van der Waals surface area contributed by atoms with Crippen molar-refractivity contribution >= 4 is 44.1 Å². The summed E-state index contributed by atoms with van der Waals surface area (Å²) < 4.78 is 22.8. The number of hydrogen-bond donors (Lipinski definition) is 1. The first kappa shape index (κ1) is 26.1. The number of thiazole rings is 1. The first-order valence-corrected chi connectivity index (χ1v) is 12.9. The van der Waals surface area contributed by atoms with Gasteiger partial charge in [0, 0.05) is 11.1 Å². The highest BCUT2D eigenvalue weighted by atomic mass is 32.1. The average molecular weight is 547 g/mol. The molecule has 1 amide bonds. The van der Waals surface area contributed by atoms with Crippen molar-refractivity contribution in [2.24, 2.45) is 0 Å². The molecule has 1 aliphatic rings. The minimum absolute atomic E-state index is 0.0917. The lowest BCUT2D eigenvalue weighted by Crippen LogP contribution is -2.29. The van der Waals surface area contributed by atoms with Gasteiger partial charge in [-0.3, -0.25) is 14.5 Å². The van der Waals surface area contributed by atoms with Gasteiger partial charge in [-0.05, 0) is 55.5 Å². The van der Waals surface area contributed by atoms with Crippen molar-refractivity contribution in [3.63, 3.8) is 0 Å². The van der Waals surface area contributed by atoms with Gasteiger partial charge in [-0.25, -0.2) is 4.98 Å². The quantitative estimate of drug-likeness (QED) is 0.179. The van der Waals surface area contributed by atoms with Crippen LogP contribution in [0.2, 0.25) is 0 Å². The van der Waals surface area contributed by atoms with E-state index < -0.39 is 17.7 Å². The van der Waals surface area contributed by atoms with E-state index in [1.165, 1.54) is 37.6 Å². The maximum absolute atomic E-state index is 13.6. The fraction of sp³-hybridized carbons (Fsp3) is 0.207. The number of fused-ring (bicyclic) bond motifs is 1. The number of methoxy groups -OCH3 is 3. The Labute approximate surface area is 228 Å². The third-order valence-corrected chi connectivity index (χ3v) is 7.42. The Bertz CT molecular complexity index is 1590. The Hall–Kier alpha value is -4.57. The third-order valence-electron chi connectivity index (χ3n) is 6.40. The minimum atomic E-state index is -1.04. The number of aliphatic hydroxyl groups is 1. The second-order valence-corrected chi connectivity index (χ2v) is 9.55. The molecule has 1 N–H and O–H groups in total. The van der Waals surface area contributed by atoms with E-state index in [4.69, 9.17) is 18.9 Å². The normalized spacial score (nSPS) is 16.5. The largest absolute Gasteiger partial charge is 0.507 e. The molecule has 3 aromatic carbocycles. The number of para-hydroxylation sites is 1. The molecule has 0 saturated carbocycles. The van der Waals surface area contributed by atoms with Crippen molar-refractivity contribution in [2.75, 3.05) is 32.8 Å². The highest BCUT2D eigenvalue weighted by Gasteiger charge is 2.49. The Morgan fingerprint density at radius 3 is 2.38 bits per heavy atom. The number of amides is 1. The number of ketones is 1. The predicted octanol–water partition coefficient (Wildman–Crippen LogP) is 5.35. The molecule has 0 bridgehead atoms. The lowest BCUT2D eigenvalue weighted by Gasteiger charge is -2.25. The highest BCUT2D eigenvalue weighted by molar-refractivity contribution is 7.22. The van der Waals surface area contributed by atoms with Gasteiger partial charge >= 0.3 is 5.91 Å². The molecule has 1 fully saturated rings. The highest BCUT2D eigenvalue weighted by Crippen LogP contribution is 2.48. The summed E-state index contributed by atoms with van der Waals surface area (Å²) >= 11 is 1.25. The van der Waals surface area contributed by atoms with E-state index in [0.29, 0.717) is 51.4 Å². The fourth-order valence-electron chi connectivity index (χ4n) is 4.61. The molecule has 4 aromatic rings. The van der Waals surface area contributed by atoms with Gasteiger partial charge < -0.3 is 24.1 Å². The third kappa shape index (κ3) is 4.52. The molecule has 1 saturated heterocycles. The monoisotopic (exact) mass is 546 g/mol. The van der Waals surface area contributed by atoms with Crippen LogP contribution in [0.3, 0.4) is 0 Å². The summed E-state index contributed by atoms with van der Waals surface area (Å²) in [5.41, 5.74) is 1.37. The summed E-state index contributed by atoms with van der Waals surface area (Å²) in [7, 11) is 4.51. The smallest absolute Gasteiger partial charge is 0.301 e. The van der Waals surface area contributed by atoms with Crippen LogP contribution in [0, 0.1) is 0 Å². The standard InChI is InChI=1S/C29H26N2O7S/c1-5-38-18-13-14-20-22(15-18)39-29(30-20)31-24(19-7-6-8-21(36-3)27(19)37-4)23(26(33)28(31)34)25(32)16-9-11-17(35-2)12-10-16/h6-15,24,32H,5H2,1-4H3/b25-23+/t24-/m0/s1. The van der Waals surface area contributed by atoms with Crippen molar-refractivity contribution in [3.8, 4) is 23.0 Å². The number of aliphatic hydroxyl groups excluding tert-OH is 1. The van der Waals surface area contributed by atoms with Crippen LogP contribution in [-0.4, -0.2) is 49.7 Å². The van der Waals surface area contributed by atoms with Crippen LogP contribution in [0.1, 0.15) is 24.1 Å². The van der Waals surface area contributed by atoms with Gasteiger partial charge in [0.25, 0.3) is 5.78 Å². The second-order valence-electron chi connectivity index (χ2n) is 8.54. The van der Waals surface area contributed by atoms with Gasteiger partial charge in [0.05, 0.1) is 43.7 Å².